The Hall–Kier alpha value is -3.44. The second-order valence-corrected chi connectivity index (χ2v) is 9.21. The predicted octanol–water partition coefficient (Wildman–Crippen LogP) is 4.77. The zero-order chi connectivity index (χ0) is 26.8. The number of piperidine rings is 1. The van der Waals surface area contributed by atoms with Gasteiger partial charge in [0.25, 0.3) is 5.69 Å². The minimum absolute atomic E-state index is 0.0473. The number of aromatic nitrogens is 1. The van der Waals surface area contributed by atoms with E-state index >= 15 is 0 Å². The van der Waals surface area contributed by atoms with Crippen LogP contribution in [0.2, 0.25) is 0 Å². The minimum atomic E-state index is -5.10. The third-order valence-corrected chi connectivity index (χ3v) is 6.79. The maximum Gasteiger partial charge on any atom is 0.422 e. The van der Waals surface area contributed by atoms with Crippen molar-refractivity contribution in [3.63, 3.8) is 0 Å². The van der Waals surface area contributed by atoms with Crippen molar-refractivity contribution in [2.24, 2.45) is 0 Å². The van der Waals surface area contributed by atoms with Gasteiger partial charge in [0.15, 0.2) is 0 Å². The number of aliphatic hydroxyl groups is 1. The molecule has 0 saturated carbocycles. The molecule has 11 heteroatoms. The fraction of sp³-hybridized carbons (Fsp3) is 0.423. The van der Waals surface area contributed by atoms with E-state index in [0.29, 0.717) is 19.3 Å². The van der Waals surface area contributed by atoms with Crippen LogP contribution in [0.25, 0.3) is 10.9 Å². The van der Waals surface area contributed by atoms with Crippen molar-refractivity contribution < 1.29 is 32.7 Å². The second kappa shape index (κ2) is 10.5. The van der Waals surface area contributed by atoms with Crippen molar-refractivity contribution in [1.29, 1.82) is 0 Å². The molecule has 1 saturated heterocycles. The van der Waals surface area contributed by atoms with Gasteiger partial charge in [-0.15, -0.1) is 0 Å². The molecule has 0 spiro atoms. The highest BCUT2D eigenvalue weighted by molar-refractivity contribution is 5.87. The van der Waals surface area contributed by atoms with Crippen molar-refractivity contribution in [2.75, 3.05) is 19.7 Å². The van der Waals surface area contributed by atoms with Crippen LogP contribution in [-0.4, -0.2) is 57.4 Å². The standard InChI is InChI=1S/C26H28F3N3O5/c1-2-37-24(33)22-10-6-7-13-30(22)17-25(34,26(27,28)29)21-16-31(15-18-8-4-3-5-9-18)23-14-19(32(35)36)11-12-20(21)23/h3-5,8-9,11-12,14,16,22,34H,2,6-7,10,13,15,17H2,1H3. The quantitative estimate of drug-likeness (QED) is 0.262. The number of fused-ring (bicyclic) bond motifs is 1. The Morgan fingerprint density at radius 2 is 1.92 bits per heavy atom. The lowest BCUT2D eigenvalue weighted by atomic mass is 9.89. The van der Waals surface area contributed by atoms with E-state index in [0.717, 1.165) is 11.6 Å². The number of β-amino-alcohol motifs (C(OH)–C–C–N with tert-alkyl or cyclic N) is 1. The van der Waals surface area contributed by atoms with Gasteiger partial charge in [0.2, 0.25) is 5.60 Å². The van der Waals surface area contributed by atoms with Crippen LogP contribution < -0.4 is 0 Å². The van der Waals surface area contributed by atoms with E-state index in [9.17, 15) is 33.2 Å². The predicted molar refractivity (Wildman–Crippen MR) is 130 cm³/mol. The number of hydrogen-bond donors (Lipinski definition) is 1. The summed E-state index contributed by atoms with van der Waals surface area (Å²) in [5, 5.41) is 22.8. The van der Waals surface area contributed by atoms with Gasteiger partial charge in [-0.2, -0.15) is 13.2 Å². The Labute approximate surface area is 211 Å². The van der Waals surface area contributed by atoms with Crippen molar-refractivity contribution in [2.45, 2.75) is 50.6 Å². The molecule has 2 unspecified atom stereocenters. The van der Waals surface area contributed by atoms with E-state index in [1.54, 1.807) is 37.3 Å². The highest BCUT2D eigenvalue weighted by Crippen LogP contribution is 2.44. The average molecular weight is 520 g/mol. The fourth-order valence-corrected chi connectivity index (χ4v) is 4.94. The number of ether oxygens (including phenoxy) is 1. The van der Waals surface area contributed by atoms with Gasteiger partial charge in [0, 0.05) is 42.4 Å². The topological polar surface area (TPSA) is 97.8 Å². The number of nitro groups is 1. The van der Waals surface area contributed by atoms with Crippen molar-refractivity contribution in [3.05, 3.63) is 76.0 Å². The molecule has 4 rings (SSSR count). The molecule has 37 heavy (non-hydrogen) atoms. The number of alkyl halides is 3. The first-order valence-electron chi connectivity index (χ1n) is 12.1. The largest absolute Gasteiger partial charge is 0.465 e. The van der Waals surface area contributed by atoms with E-state index < -0.39 is 40.8 Å². The number of rotatable bonds is 8. The smallest absolute Gasteiger partial charge is 0.422 e. The lowest BCUT2D eigenvalue weighted by Crippen LogP contribution is -2.56. The van der Waals surface area contributed by atoms with Crippen molar-refractivity contribution >= 4 is 22.6 Å². The molecule has 1 aliphatic rings. The lowest BCUT2D eigenvalue weighted by molar-refractivity contribution is -0.384. The van der Waals surface area contributed by atoms with Gasteiger partial charge < -0.3 is 14.4 Å². The van der Waals surface area contributed by atoms with E-state index in [1.165, 1.54) is 27.8 Å². The zero-order valence-corrected chi connectivity index (χ0v) is 20.3. The Kier molecular flexibility index (Phi) is 7.56. The Morgan fingerprint density at radius 1 is 1.19 bits per heavy atom. The Bertz CT molecular complexity index is 1280. The number of halogens is 3. The van der Waals surface area contributed by atoms with Gasteiger partial charge in [-0.05, 0) is 37.9 Å². The number of carbonyl (C=O) groups is 1. The molecule has 1 aliphatic heterocycles. The number of benzene rings is 2. The van der Waals surface area contributed by atoms with Gasteiger partial charge >= 0.3 is 12.1 Å². The van der Waals surface area contributed by atoms with Crippen LogP contribution in [0.4, 0.5) is 18.9 Å². The first-order chi connectivity index (χ1) is 17.5. The van der Waals surface area contributed by atoms with Gasteiger partial charge in [-0.1, -0.05) is 36.8 Å². The van der Waals surface area contributed by atoms with E-state index in [2.05, 4.69) is 0 Å². The van der Waals surface area contributed by atoms with Crippen molar-refractivity contribution in [1.82, 2.24) is 9.47 Å². The Balaban J connectivity index is 1.83. The third-order valence-electron chi connectivity index (χ3n) is 6.79. The number of esters is 1. The van der Waals surface area contributed by atoms with E-state index in [4.69, 9.17) is 4.74 Å². The summed E-state index contributed by atoms with van der Waals surface area (Å²) in [6.07, 6.45) is -2.33. The van der Waals surface area contributed by atoms with E-state index in [-0.39, 0.29) is 36.3 Å². The van der Waals surface area contributed by atoms with Crippen LogP contribution in [0.5, 0.6) is 0 Å². The van der Waals surface area contributed by atoms with Crippen LogP contribution >= 0.6 is 0 Å². The molecule has 1 fully saturated rings. The van der Waals surface area contributed by atoms with Gasteiger partial charge in [-0.25, -0.2) is 0 Å². The SMILES string of the molecule is CCOC(=O)C1CCCCN1CC(O)(c1cn(Cc2ccccc2)c2cc([N+](=O)[O-])ccc12)C(F)(F)F. The normalized spacial score (nSPS) is 18.5. The summed E-state index contributed by atoms with van der Waals surface area (Å²) in [7, 11) is 0. The first kappa shape index (κ1) is 26.6. The number of likely N-dealkylation sites (tertiary alicyclic amines) is 1. The summed E-state index contributed by atoms with van der Waals surface area (Å²) in [6.45, 7) is 1.18. The second-order valence-electron chi connectivity index (χ2n) is 9.21. The molecule has 3 aromatic rings. The summed E-state index contributed by atoms with van der Waals surface area (Å²) < 4.78 is 50.6. The molecule has 0 radical (unpaired) electrons. The van der Waals surface area contributed by atoms with Crippen LogP contribution in [0, 0.1) is 10.1 Å². The molecule has 2 aromatic carbocycles. The minimum Gasteiger partial charge on any atom is -0.465 e. The summed E-state index contributed by atoms with van der Waals surface area (Å²) in [5.41, 5.74) is -3.08. The molecule has 0 aliphatic carbocycles. The maximum absolute atomic E-state index is 14.7. The number of nitro benzene ring substituents is 1. The molecule has 2 heterocycles. The molecule has 8 nitrogen and oxygen atoms in total. The molecule has 0 bridgehead atoms. The summed E-state index contributed by atoms with van der Waals surface area (Å²) in [6, 6.07) is 11.6. The first-order valence-corrected chi connectivity index (χ1v) is 12.1. The van der Waals surface area contributed by atoms with Crippen LogP contribution in [-0.2, 0) is 21.7 Å². The highest BCUT2D eigenvalue weighted by atomic mass is 19.4. The molecule has 1 aromatic heterocycles. The maximum atomic E-state index is 14.7. The number of non-ortho nitro benzene ring substituents is 1. The molecule has 0 amide bonds. The fourth-order valence-electron chi connectivity index (χ4n) is 4.94. The summed E-state index contributed by atoms with van der Waals surface area (Å²) in [4.78, 5) is 24.6. The Morgan fingerprint density at radius 3 is 2.57 bits per heavy atom. The van der Waals surface area contributed by atoms with Crippen LogP contribution in [0.3, 0.4) is 0 Å². The van der Waals surface area contributed by atoms with Gasteiger partial charge in [0.05, 0.1) is 17.0 Å². The number of hydrogen-bond acceptors (Lipinski definition) is 6. The highest BCUT2D eigenvalue weighted by Gasteiger charge is 2.58. The summed E-state index contributed by atoms with van der Waals surface area (Å²) in [5.74, 6) is -0.617. The monoisotopic (exact) mass is 519 g/mol. The van der Waals surface area contributed by atoms with Gasteiger partial charge in [-0.3, -0.25) is 19.8 Å². The van der Waals surface area contributed by atoms with E-state index in [1.807, 2.05) is 0 Å². The van der Waals surface area contributed by atoms with Crippen LogP contribution in [0.15, 0.2) is 54.7 Å². The van der Waals surface area contributed by atoms with Crippen molar-refractivity contribution in [3.8, 4) is 0 Å². The molecule has 198 valence electrons. The third kappa shape index (κ3) is 5.33. The summed E-state index contributed by atoms with van der Waals surface area (Å²) >= 11 is 0. The number of nitrogens with zero attached hydrogens (tertiary/aromatic N) is 3. The van der Waals surface area contributed by atoms with Gasteiger partial charge in [0.1, 0.15) is 6.04 Å². The zero-order valence-electron chi connectivity index (χ0n) is 20.3. The number of carbonyl (C=O) groups excluding carboxylic acids is 1. The molecule has 1 N–H and O–H groups in total. The molecular formula is C26H28F3N3O5. The molecular weight excluding hydrogens is 491 g/mol. The molecule has 2 atom stereocenters. The lowest BCUT2D eigenvalue weighted by Gasteiger charge is -2.40. The average Bonchev–Trinajstić information content (AvgIpc) is 3.22. The van der Waals surface area contributed by atoms with Crippen LogP contribution in [0.1, 0.15) is 37.3 Å².